The Kier molecular flexibility index (Phi) is 30.7. The van der Waals surface area contributed by atoms with E-state index in [4.69, 9.17) is 94.7 Å². The molecule has 0 spiro atoms. The van der Waals surface area contributed by atoms with Crippen LogP contribution in [0.1, 0.15) is 107 Å². The number of carbonyl (C=O) groups excluding carboxylic acids is 14. The number of methoxy groups -OCH3 is 1. The van der Waals surface area contributed by atoms with Crippen LogP contribution in [0.5, 0.6) is 0 Å². The molecule has 0 unspecified atom stereocenters. The molecule has 4 aliphatic heterocycles. The van der Waals surface area contributed by atoms with Gasteiger partial charge in [0.05, 0.1) is 25.7 Å². The Hall–Kier alpha value is -8.82. The van der Waals surface area contributed by atoms with Crippen LogP contribution in [0.4, 0.5) is 0 Å². The van der Waals surface area contributed by atoms with E-state index in [2.05, 4.69) is 10.6 Å². The smallest absolute Gasteiger partial charge is 0.366 e. The van der Waals surface area contributed by atoms with Gasteiger partial charge in [-0.2, -0.15) is 0 Å². The van der Waals surface area contributed by atoms with Gasteiger partial charge in [-0.05, 0) is 35.9 Å². The van der Waals surface area contributed by atoms with E-state index >= 15 is 9.59 Å². The van der Waals surface area contributed by atoms with E-state index in [1.165, 1.54) is 13.0 Å². The van der Waals surface area contributed by atoms with Gasteiger partial charge in [0.25, 0.3) is 11.7 Å². The average molecular weight is 1510 g/mol. The summed E-state index contributed by atoms with van der Waals surface area (Å²) < 4.78 is 122. The van der Waals surface area contributed by atoms with Gasteiger partial charge in [-0.3, -0.25) is 62.3 Å². The monoisotopic (exact) mass is 1510 g/mol. The SMILES string of the molecule is COC(=O)[C@@]1(O[C@H]2[C@@H](OC(C)=O)[C@@H](COC(C)=O)O[C@@H](O[C@H]3[C@H](O[C@@H]4O[C@@H](C)[C@@H](OC(C)=O)[C@@H](OC(C)=O)[C@@H]4OC(C)=O)[C@@H](NC(=O)c4ccc5ccccc5c4)[C@H](OCC[Si](C)(C)C)O[C@@H]3COC(C)=O)[C@@H]2OC(C)=O)C[C@H](OC(C)=O)[C@@H](NC(C)=O)[C@H]([C@H](OC(C)=O)[C@@H](COC(C)=O)OC(C)=O)O1. The fourth-order valence-corrected chi connectivity index (χ4v) is 12.9. The maximum Gasteiger partial charge on any atom is 0.366 e. The summed E-state index contributed by atoms with van der Waals surface area (Å²) in [5.74, 6) is -18.1. The van der Waals surface area contributed by atoms with Gasteiger partial charge in [-0.25, -0.2) is 4.79 Å². The van der Waals surface area contributed by atoms with Crippen molar-refractivity contribution in [3.05, 3.63) is 48.0 Å². The second-order valence-electron chi connectivity index (χ2n) is 26.2. The molecule has 0 bridgehead atoms. The van der Waals surface area contributed by atoms with Crippen LogP contribution >= 0.6 is 0 Å². The lowest BCUT2D eigenvalue weighted by Crippen LogP contribution is -2.72. The highest BCUT2D eigenvalue weighted by atomic mass is 28.3. The van der Waals surface area contributed by atoms with Crippen molar-refractivity contribution in [2.45, 2.75) is 250 Å². The summed E-state index contributed by atoms with van der Waals surface area (Å²) in [5, 5.41) is 6.82. The summed E-state index contributed by atoms with van der Waals surface area (Å²) in [6.07, 6.45) is -36.5. The van der Waals surface area contributed by atoms with Gasteiger partial charge in [0.2, 0.25) is 5.91 Å². The molecular formula is C68H92N2O34Si. The van der Waals surface area contributed by atoms with Crippen LogP contribution < -0.4 is 10.6 Å². The second-order valence-corrected chi connectivity index (χ2v) is 31.8. The first-order valence-corrected chi connectivity index (χ1v) is 37.1. The molecule has 0 radical (unpaired) electrons. The Balaban J connectivity index is 1.71. The Labute approximate surface area is 604 Å². The van der Waals surface area contributed by atoms with Gasteiger partial charge < -0.3 is 105 Å². The summed E-state index contributed by atoms with van der Waals surface area (Å²) in [4.78, 5) is 189. The van der Waals surface area contributed by atoms with Gasteiger partial charge in [-0.1, -0.05) is 50.0 Å². The van der Waals surface area contributed by atoms with E-state index in [9.17, 15) is 57.5 Å². The molecule has 0 aromatic heterocycles. The van der Waals surface area contributed by atoms with Crippen molar-refractivity contribution in [2.24, 2.45) is 0 Å². The topological polar surface area (TPSA) is 448 Å². The molecule has 2 aromatic rings. The van der Waals surface area contributed by atoms with Crippen LogP contribution in [0, 0.1) is 0 Å². The molecule has 4 aliphatic rings. The highest BCUT2D eigenvalue weighted by Gasteiger charge is 2.65. The van der Waals surface area contributed by atoms with Crippen molar-refractivity contribution in [1.82, 2.24) is 10.6 Å². The normalized spacial score (nSPS) is 29.3. The lowest BCUT2D eigenvalue weighted by Gasteiger charge is -2.53. The zero-order chi connectivity index (χ0) is 78.1. The van der Waals surface area contributed by atoms with Crippen molar-refractivity contribution >= 4 is 102 Å². The van der Waals surface area contributed by atoms with E-state index in [0.29, 0.717) is 11.4 Å². The van der Waals surface area contributed by atoms with Gasteiger partial charge in [-0.15, -0.1) is 0 Å². The molecule has 0 aliphatic carbocycles. The third-order valence-corrected chi connectivity index (χ3v) is 17.9. The number of hydrogen-bond donors (Lipinski definition) is 2. The van der Waals surface area contributed by atoms with Gasteiger partial charge >= 0.3 is 71.6 Å². The molecule has 4 heterocycles. The van der Waals surface area contributed by atoms with Crippen molar-refractivity contribution in [1.29, 1.82) is 0 Å². The number of benzene rings is 2. The lowest BCUT2D eigenvalue weighted by atomic mass is 9.87. The minimum Gasteiger partial charge on any atom is -0.465 e. The van der Waals surface area contributed by atoms with Crippen molar-refractivity contribution in [3.8, 4) is 0 Å². The molecule has 0 saturated carbocycles. The van der Waals surface area contributed by atoms with Crippen molar-refractivity contribution in [2.75, 3.05) is 33.5 Å². The standard InChI is InChI=1S/C68H92N2O34Si/c1-31-53(93-38(8)77)59(96-41(11)80)61(97-42(12)81)65(90-31)102-57-52(70-63(83)46-23-22-44-20-18-19-21-45(44)26-46)64(86-24-25-105(15,16)17)99-49(29-88-34(4)73)54(57)101-66-62(98-43(13)82)60(56(95-40(10)79)50(100-66)30-89-35(5)74)104-68(67(84)85-14)27-47(91-36(6)75)51(69-32(2)71)58(103-68)55(94-39(9)78)48(92-37(7)76)28-87-33(3)72/h18-23,26,31,47-62,64-66H,24-25,27-30H2,1-17H3,(H,69,71)(H,70,83)/t31-,47-,48+,49+,50+,51+,52+,53+,54+,55+,56-,57+,58+,59+,60-,61-,62+,64+,65-,66-,68-/m0/s1. The highest BCUT2D eigenvalue weighted by Crippen LogP contribution is 2.43. The molecule has 36 nitrogen and oxygen atoms in total. The van der Waals surface area contributed by atoms with E-state index in [-0.39, 0.29) is 12.2 Å². The van der Waals surface area contributed by atoms with E-state index < -0.39 is 246 Å². The summed E-state index contributed by atoms with van der Waals surface area (Å²) in [6, 6.07) is 8.73. The molecule has 2 aromatic carbocycles. The largest absolute Gasteiger partial charge is 0.465 e. The Morgan fingerprint density at radius 1 is 0.514 bits per heavy atom. The molecule has 105 heavy (non-hydrogen) atoms. The zero-order valence-electron chi connectivity index (χ0n) is 61.2. The van der Waals surface area contributed by atoms with Crippen molar-refractivity contribution in [3.63, 3.8) is 0 Å². The Morgan fingerprint density at radius 3 is 1.55 bits per heavy atom. The minimum atomic E-state index is -3.26. The van der Waals surface area contributed by atoms with Crippen molar-refractivity contribution < 1.29 is 162 Å². The number of rotatable bonds is 30. The molecule has 37 heteroatoms. The van der Waals surface area contributed by atoms with Crippen LogP contribution in [0.15, 0.2) is 42.5 Å². The lowest BCUT2D eigenvalue weighted by molar-refractivity contribution is -0.391. The number of carbonyl (C=O) groups is 14. The summed E-state index contributed by atoms with van der Waals surface area (Å²) in [7, 11) is -1.22. The molecule has 21 atom stereocenters. The third kappa shape index (κ3) is 24.4. The number of nitrogens with one attached hydrogen (secondary N) is 2. The quantitative estimate of drug-likeness (QED) is 0.0641. The number of amides is 2. The number of fused-ring (bicyclic) bond motifs is 1. The summed E-state index contributed by atoms with van der Waals surface area (Å²) >= 11 is 0. The molecule has 4 saturated heterocycles. The first-order valence-electron chi connectivity index (χ1n) is 33.4. The number of hydrogen-bond acceptors (Lipinski definition) is 34. The molecular weight excluding hydrogens is 1420 g/mol. The maximum atomic E-state index is 15.2. The molecule has 582 valence electrons. The first kappa shape index (κ1) is 85.1. The van der Waals surface area contributed by atoms with Crippen LogP contribution in [0.3, 0.4) is 0 Å². The molecule has 2 amide bonds. The maximum absolute atomic E-state index is 15.2. The first-order chi connectivity index (χ1) is 49.2. The fraction of sp³-hybridized carbons (Fsp3) is 0.647. The van der Waals surface area contributed by atoms with Crippen LogP contribution in [-0.4, -0.2) is 253 Å². The van der Waals surface area contributed by atoms with Crippen LogP contribution in [0.25, 0.3) is 10.8 Å². The second kappa shape index (κ2) is 37.9. The summed E-state index contributed by atoms with van der Waals surface area (Å²) in [6.45, 7) is 16.3. The number of esters is 12. The Bertz CT molecular complexity index is 3490. The van der Waals surface area contributed by atoms with Crippen LogP contribution in [-0.2, 0) is 157 Å². The summed E-state index contributed by atoms with van der Waals surface area (Å²) in [5.41, 5.74) is 0.0409. The minimum absolute atomic E-state index is 0.0409. The number of ether oxygens (including phenoxy) is 20. The Morgan fingerprint density at radius 2 is 1.02 bits per heavy atom. The zero-order valence-corrected chi connectivity index (χ0v) is 62.2. The molecule has 4 fully saturated rings. The third-order valence-electron chi connectivity index (χ3n) is 16.2. The fourth-order valence-electron chi connectivity index (χ4n) is 12.1. The highest BCUT2D eigenvalue weighted by molar-refractivity contribution is 6.76. The molecule has 6 rings (SSSR count). The molecule has 2 N–H and O–H groups in total. The van der Waals surface area contributed by atoms with Gasteiger partial charge in [0, 0.05) is 103 Å². The van der Waals surface area contributed by atoms with E-state index in [0.717, 1.165) is 95.6 Å². The van der Waals surface area contributed by atoms with Gasteiger partial charge in [0.15, 0.2) is 61.6 Å². The van der Waals surface area contributed by atoms with Crippen LogP contribution in [0.2, 0.25) is 25.7 Å². The average Bonchev–Trinajstić information content (AvgIpc) is 0.786. The van der Waals surface area contributed by atoms with E-state index in [1.807, 2.05) is 19.6 Å². The van der Waals surface area contributed by atoms with E-state index in [1.54, 1.807) is 36.4 Å². The predicted molar refractivity (Wildman–Crippen MR) is 352 cm³/mol. The predicted octanol–water partition coefficient (Wildman–Crippen LogP) is 1.95. The van der Waals surface area contributed by atoms with Gasteiger partial charge in [0.1, 0.15) is 68.6 Å².